The van der Waals surface area contributed by atoms with E-state index in [0.717, 1.165) is 22.5 Å². The molecule has 0 aliphatic rings. The maximum atomic E-state index is 11.9. The lowest BCUT2D eigenvalue weighted by molar-refractivity contribution is 0.0951. The normalized spacial score (nSPS) is 11.2. The standard InChI is InChI=1S/C18H18ClN5O/c1-11-6-7-12(2)16(9-11)24-17(19)14(13(3)23-24)10-21-22-18(25)15-5-4-8-20-15/h4-10,20H,1-3H3,(H,22,25)/b21-10-. The molecule has 0 saturated carbocycles. The average molecular weight is 356 g/mol. The van der Waals surface area contributed by atoms with E-state index < -0.39 is 0 Å². The fraction of sp³-hybridized carbons (Fsp3) is 0.167. The van der Waals surface area contributed by atoms with Crippen molar-refractivity contribution in [1.29, 1.82) is 0 Å². The van der Waals surface area contributed by atoms with Crippen molar-refractivity contribution >= 4 is 23.7 Å². The largest absolute Gasteiger partial charge is 0.357 e. The summed E-state index contributed by atoms with van der Waals surface area (Å²) < 4.78 is 1.69. The molecular weight excluding hydrogens is 338 g/mol. The third-order valence-corrected chi connectivity index (χ3v) is 4.21. The highest BCUT2D eigenvalue weighted by Gasteiger charge is 2.15. The van der Waals surface area contributed by atoms with E-state index in [9.17, 15) is 4.79 Å². The topological polar surface area (TPSA) is 75.1 Å². The number of amides is 1. The molecule has 0 bridgehead atoms. The molecule has 2 N–H and O–H groups in total. The van der Waals surface area contributed by atoms with Crippen LogP contribution in [0.15, 0.2) is 41.6 Å². The first-order valence-electron chi connectivity index (χ1n) is 7.77. The summed E-state index contributed by atoms with van der Waals surface area (Å²) in [5, 5.41) is 8.94. The molecule has 0 atom stereocenters. The van der Waals surface area contributed by atoms with Crippen molar-refractivity contribution in [3.63, 3.8) is 0 Å². The van der Waals surface area contributed by atoms with Gasteiger partial charge in [-0.2, -0.15) is 10.2 Å². The minimum absolute atomic E-state index is 0.322. The Kier molecular flexibility index (Phi) is 4.72. The first kappa shape index (κ1) is 17.0. The fourth-order valence-electron chi connectivity index (χ4n) is 2.45. The van der Waals surface area contributed by atoms with Crippen molar-refractivity contribution in [3.05, 3.63) is 69.8 Å². The maximum absolute atomic E-state index is 11.9. The van der Waals surface area contributed by atoms with Gasteiger partial charge in [-0.25, -0.2) is 10.1 Å². The van der Waals surface area contributed by atoms with E-state index in [4.69, 9.17) is 11.6 Å². The number of nitrogens with one attached hydrogen (secondary N) is 2. The van der Waals surface area contributed by atoms with Gasteiger partial charge in [-0.15, -0.1) is 0 Å². The molecule has 1 aromatic carbocycles. The van der Waals surface area contributed by atoms with Crippen LogP contribution in [-0.4, -0.2) is 26.9 Å². The predicted molar refractivity (Wildman–Crippen MR) is 98.6 cm³/mol. The van der Waals surface area contributed by atoms with E-state index in [-0.39, 0.29) is 5.91 Å². The van der Waals surface area contributed by atoms with Crippen molar-refractivity contribution < 1.29 is 4.79 Å². The summed E-state index contributed by atoms with van der Waals surface area (Å²) in [6, 6.07) is 9.51. The Bertz CT molecular complexity index is 941. The fourth-order valence-corrected chi connectivity index (χ4v) is 2.77. The van der Waals surface area contributed by atoms with Crippen LogP contribution in [0.1, 0.15) is 32.9 Å². The van der Waals surface area contributed by atoms with E-state index in [1.54, 1.807) is 23.0 Å². The van der Waals surface area contributed by atoms with E-state index in [2.05, 4.69) is 20.6 Å². The first-order chi connectivity index (χ1) is 12.0. The highest BCUT2D eigenvalue weighted by atomic mass is 35.5. The van der Waals surface area contributed by atoms with Crippen LogP contribution >= 0.6 is 11.6 Å². The van der Waals surface area contributed by atoms with Gasteiger partial charge in [0.1, 0.15) is 10.8 Å². The van der Waals surface area contributed by atoms with Crippen LogP contribution in [0.2, 0.25) is 5.15 Å². The van der Waals surface area contributed by atoms with Gasteiger partial charge >= 0.3 is 0 Å². The first-order valence-corrected chi connectivity index (χ1v) is 8.14. The molecule has 0 fully saturated rings. The maximum Gasteiger partial charge on any atom is 0.287 e. The average Bonchev–Trinajstić information content (AvgIpc) is 3.20. The third-order valence-electron chi connectivity index (χ3n) is 3.84. The van der Waals surface area contributed by atoms with Gasteiger partial charge in [-0.1, -0.05) is 23.7 Å². The number of hydrogen-bond acceptors (Lipinski definition) is 3. The van der Waals surface area contributed by atoms with Crippen LogP contribution in [0.3, 0.4) is 0 Å². The number of hydrazone groups is 1. The minimum Gasteiger partial charge on any atom is -0.357 e. The molecule has 7 heteroatoms. The zero-order valence-electron chi connectivity index (χ0n) is 14.2. The van der Waals surface area contributed by atoms with Crippen molar-refractivity contribution in [1.82, 2.24) is 20.2 Å². The number of H-pyrrole nitrogens is 1. The summed E-state index contributed by atoms with van der Waals surface area (Å²) >= 11 is 6.49. The Labute approximate surface area is 150 Å². The van der Waals surface area contributed by atoms with Crippen molar-refractivity contribution in [2.75, 3.05) is 0 Å². The highest BCUT2D eigenvalue weighted by Crippen LogP contribution is 2.24. The Morgan fingerprint density at radius 2 is 2.12 bits per heavy atom. The number of halogens is 1. The molecule has 3 aromatic rings. The van der Waals surface area contributed by atoms with Gasteiger partial charge < -0.3 is 4.98 Å². The number of aromatic nitrogens is 3. The van der Waals surface area contributed by atoms with Gasteiger partial charge in [0.2, 0.25) is 0 Å². The van der Waals surface area contributed by atoms with Crippen LogP contribution in [0.4, 0.5) is 0 Å². The summed E-state index contributed by atoms with van der Waals surface area (Å²) in [5.41, 5.74) is 7.40. The molecule has 6 nitrogen and oxygen atoms in total. The summed E-state index contributed by atoms with van der Waals surface area (Å²) in [7, 11) is 0. The Morgan fingerprint density at radius 3 is 2.84 bits per heavy atom. The zero-order valence-corrected chi connectivity index (χ0v) is 14.9. The number of aryl methyl sites for hydroxylation is 3. The molecule has 2 aromatic heterocycles. The second kappa shape index (κ2) is 6.94. The SMILES string of the molecule is Cc1ccc(C)c(-n2nc(C)c(/C=N\NC(=O)c3ccc[nH]3)c2Cl)c1. The number of carbonyl (C=O) groups excluding carboxylic acids is 1. The van der Waals surface area contributed by atoms with Crippen LogP contribution in [0.5, 0.6) is 0 Å². The zero-order chi connectivity index (χ0) is 18.0. The van der Waals surface area contributed by atoms with Crippen LogP contribution in [-0.2, 0) is 0 Å². The molecule has 1 amide bonds. The Hall–Kier alpha value is -2.86. The van der Waals surface area contributed by atoms with Crippen LogP contribution < -0.4 is 5.43 Å². The summed E-state index contributed by atoms with van der Waals surface area (Å²) in [4.78, 5) is 14.7. The van der Waals surface area contributed by atoms with Crippen molar-refractivity contribution in [2.45, 2.75) is 20.8 Å². The molecule has 0 radical (unpaired) electrons. The smallest absolute Gasteiger partial charge is 0.287 e. The molecule has 128 valence electrons. The molecule has 3 rings (SSSR count). The third kappa shape index (κ3) is 3.49. The molecule has 2 heterocycles. The predicted octanol–water partition coefficient (Wildman–Crippen LogP) is 3.54. The molecule has 0 saturated heterocycles. The number of benzene rings is 1. The van der Waals surface area contributed by atoms with Gasteiger partial charge in [-0.3, -0.25) is 4.79 Å². The second-order valence-electron chi connectivity index (χ2n) is 5.77. The number of carbonyl (C=O) groups is 1. The molecule has 0 spiro atoms. The Balaban J connectivity index is 1.86. The van der Waals surface area contributed by atoms with E-state index in [0.29, 0.717) is 16.4 Å². The number of rotatable bonds is 4. The molecule has 0 unspecified atom stereocenters. The summed E-state index contributed by atoms with van der Waals surface area (Å²) in [6.45, 7) is 5.87. The van der Waals surface area contributed by atoms with Crippen molar-refractivity contribution in [3.8, 4) is 5.69 Å². The molecule has 0 aliphatic heterocycles. The van der Waals surface area contributed by atoms with Crippen LogP contribution in [0.25, 0.3) is 5.69 Å². The van der Waals surface area contributed by atoms with E-state index in [1.807, 2.05) is 39.0 Å². The van der Waals surface area contributed by atoms with Gasteiger partial charge in [0.05, 0.1) is 23.2 Å². The quantitative estimate of drug-likeness (QED) is 0.554. The lowest BCUT2D eigenvalue weighted by Crippen LogP contribution is -2.17. The molecule has 0 aliphatic carbocycles. The van der Waals surface area contributed by atoms with Gasteiger partial charge in [0.15, 0.2) is 0 Å². The molecule has 25 heavy (non-hydrogen) atoms. The highest BCUT2D eigenvalue weighted by molar-refractivity contribution is 6.32. The van der Waals surface area contributed by atoms with Gasteiger partial charge in [0, 0.05) is 6.20 Å². The molecular formula is C18H18ClN5O. The monoisotopic (exact) mass is 355 g/mol. The van der Waals surface area contributed by atoms with Gasteiger partial charge in [0.25, 0.3) is 5.91 Å². The summed E-state index contributed by atoms with van der Waals surface area (Å²) in [5.74, 6) is -0.322. The lowest BCUT2D eigenvalue weighted by atomic mass is 10.1. The Morgan fingerprint density at radius 1 is 1.32 bits per heavy atom. The summed E-state index contributed by atoms with van der Waals surface area (Å²) in [6.07, 6.45) is 3.18. The van der Waals surface area contributed by atoms with Crippen LogP contribution in [0, 0.1) is 20.8 Å². The minimum atomic E-state index is -0.322. The number of hydrogen-bond donors (Lipinski definition) is 2. The van der Waals surface area contributed by atoms with E-state index in [1.165, 1.54) is 6.21 Å². The lowest BCUT2D eigenvalue weighted by Gasteiger charge is -2.08. The van der Waals surface area contributed by atoms with Crippen molar-refractivity contribution in [2.24, 2.45) is 5.10 Å². The second-order valence-corrected chi connectivity index (χ2v) is 6.13. The van der Waals surface area contributed by atoms with E-state index >= 15 is 0 Å². The number of nitrogens with zero attached hydrogens (tertiary/aromatic N) is 3. The number of aromatic amines is 1. The van der Waals surface area contributed by atoms with Gasteiger partial charge in [-0.05, 0) is 50.1 Å².